The number of rotatable bonds is 4. The van der Waals surface area contributed by atoms with Gasteiger partial charge in [0.25, 0.3) is 11.1 Å². The molecule has 0 aliphatic carbocycles. The summed E-state index contributed by atoms with van der Waals surface area (Å²) in [6.07, 6.45) is 0. The van der Waals surface area contributed by atoms with Crippen LogP contribution in [0, 0.1) is 0 Å². The molecule has 9 heteroatoms. The van der Waals surface area contributed by atoms with Gasteiger partial charge in [0.15, 0.2) is 10.0 Å². The summed E-state index contributed by atoms with van der Waals surface area (Å²) in [6, 6.07) is 3.79. The molecule has 0 atom stereocenters. The largest absolute Gasteiger partial charge is 0.476 e. The summed E-state index contributed by atoms with van der Waals surface area (Å²) < 4.78 is 6.03. The maximum absolute atomic E-state index is 10.7. The van der Waals surface area contributed by atoms with E-state index in [2.05, 4.69) is 15.2 Å². The fraction of sp³-hybridized carbons (Fsp3) is 0. The maximum Gasteiger partial charge on any atom is 0.355 e. The standard InChI is InChI=1S/C10H5N3O3S3/c14-8(15)5-4-18-10(11-5)19-9-13-12-7(16-9)6-2-1-3-17-6/h1-4H,(H,14,15). The Hall–Kier alpha value is -1.71. The Morgan fingerprint density at radius 1 is 1.37 bits per heavy atom. The van der Waals surface area contributed by atoms with Gasteiger partial charge in [-0.05, 0) is 11.4 Å². The molecule has 0 saturated heterocycles. The van der Waals surface area contributed by atoms with E-state index in [0.717, 1.165) is 16.6 Å². The Morgan fingerprint density at radius 3 is 2.95 bits per heavy atom. The number of thiophene rings is 1. The minimum Gasteiger partial charge on any atom is -0.476 e. The minimum absolute atomic E-state index is 0.0190. The van der Waals surface area contributed by atoms with Crippen molar-refractivity contribution in [1.29, 1.82) is 0 Å². The molecule has 3 heterocycles. The number of carboxylic acid groups (broad SMARTS) is 1. The summed E-state index contributed by atoms with van der Waals surface area (Å²) in [6.45, 7) is 0. The Labute approximate surface area is 119 Å². The Morgan fingerprint density at radius 2 is 2.26 bits per heavy atom. The van der Waals surface area contributed by atoms with Crippen LogP contribution in [0.2, 0.25) is 0 Å². The van der Waals surface area contributed by atoms with E-state index < -0.39 is 5.97 Å². The SMILES string of the molecule is O=C(O)c1csc(Sc2nnc(-c3cccs3)o2)n1. The van der Waals surface area contributed by atoms with E-state index in [-0.39, 0.29) is 5.69 Å². The highest BCUT2D eigenvalue weighted by Gasteiger charge is 2.14. The van der Waals surface area contributed by atoms with Gasteiger partial charge in [-0.2, -0.15) is 0 Å². The Balaban J connectivity index is 1.78. The van der Waals surface area contributed by atoms with Gasteiger partial charge < -0.3 is 9.52 Å². The van der Waals surface area contributed by atoms with Gasteiger partial charge in [0.05, 0.1) is 4.88 Å². The second-order valence-electron chi connectivity index (χ2n) is 3.26. The van der Waals surface area contributed by atoms with Crippen LogP contribution in [-0.4, -0.2) is 26.3 Å². The molecule has 0 fully saturated rings. The first-order chi connectivity index (χ1) is 9.22. The van der Waals surface area contributed by atoms with Gasteiger partial charge in [-0.3, -0.25) is 0 Å². The van der Waals surface area contributed by atoms with Crippen molar-refractivity contribution in [1.82, 2.24) is 15.2 Å². The first-order valence-corrected chi connectivity index (χ1v) is 7.54. The highest BCUT2D eigenvalue weighted by atomic mass is 32.2. The molecule has 0 spiro atoms. The van der Waals surface area contributed by atoms with Crippen LogP contribution in [0.5, 0.6) is 0 Å². The number of carboxylic acids is 1. The molecule has 3 rings (SSSR count). The van der Waals surface area contributed by atoms with Gasteiger partial charge in [0.1, 0.15) is 0 Å². The van der Waals surface area contributed by atoms with Crippen LogP contribution in [-0.2, 0) is 0 Å². The summed E-state index contributed by atoms with van der Waals surface area (Å²) in [7, 11) is 0. The molecular formula is C10H5N3O3S3. The molecule has 1 N–H and O–H groups in total. The lowest BCUT2D eigenvalue weighted by Gasteiger charge is -1.88. The Bertz CT molecular complexity index is 705. The number of hydrogen-bond donors (Lipinski definition) is 1. The van der Waals surface area contributed by atoms with Crippen LogP contribution >= 0.6 is 34.4 Å². The summed E-state index contributed by atoms with van der Waals surface area (Å²) in [5, 5.41) is 20.3. The smallest absolute Gasteiger partial charge is 0.355 e. The van der Waals surface area contributed by atoms with E-state index in [4.69, 9.17) is 9.52 Å². The van der Waals surface area contributed by atoms with Crippen molar-refractivity contribution in [3.63, 3.8) is 0 Å². The van der Waals surface area contributed by atoms with Crippen LogP contribution in [0.15, 0.2) is 36.9 Å². The van der Waals surface area contributed by atoms with Crippen LogP contribution in [0.25, 0.3) is 10.8 Å². The summed E-state index contributed by atoms with van der Waals surface area (Å²) in [4.78, 5) is 15.5. The third-order valence-electron chi connectivity index (χ3n) is 2.02. The molecule has 3 aromatic rings. The number of aromatic carboxylic acids is 1. The molecule has 0 aliphatic rings. The van der Waals surface area contributed by atoms with Crippen molar-refractivity contribution in [2.75, 3.05) is 0 Å². The van der Waals surface area contributed by atoms with Crippen molar-refractivity contribution < 1.29 is 14.3 Å². The molecule has 19 heavy (non-hydrogen) atoms. The molecule has 6 nitrogen and oxygen atoms in total. The quantitative estimate of drug-likeness (QED) is 0.791. The zero-order valence-corrected chi connectivity index (χ0v) is 11.6. The van der Waals surface area contributed by atoms with Gasteiger partial charge in [0, 0.05) is 17.1 Å². The van der Waals surface area contributed by atoms with E-state index >= 15 is 0 Å². The van der Waals surface area contributed by atoms with Gasteiger partial charge in [-0.25, -0.2) is 9.78 Å². The van der Waals surface area contributed by atoms with E-state index in [1.165, 1.54) is 28.1 Å². The van der Waals surface area contributed by atoms with E-state index in [1.807, 2.05) is 17.5 Å². The zero-order valence-electron chi connectivity index (χ0n) is 9.14. The van der Waals surface area contributed by atoms with Crippen molar-refractivity contribution in [2.45, 2.75) is 9.56 Å². The molecular weight excluding hydrogens is 306 g/mol. The third kappa shape index (κ3) is 2.67. The van der Waals surface area contributed by atoms with Crippen LogP contribution in [0.1, 0.15) is 10.5 Å². The first kappa shape index (κ1) is 12.3. The van der Waals surface area contributed by atoms with Crippen LogP contribution in [0.3, 0.4) is 0 Å². The second-order valence-corrected chi connectivity index (χ2v) is 6.26. The van der Waals surface area contributed by atoms with Gasteiger partial charge in [-0.15, -0.1) is 32.9 Å². The van der Waals surface area contributed by atoms with Gasteiger partial charge >= 0.3 is 5.97 Å². The van der Waals surface area contributed by atoms with Crippen LogP contribution in [0.4, 0.5) is 0 Å². The third-order valence-corrected chi connectivity index (χ3v) is 4.65. The van der Waals surface area contributed by atoms with Crippen molar-refractivity contribution in [3.8, 4) is 10.8 Å². The highest BCUT2D eigenvalue weighted by molar-refractivity contribution is 8.00. The van der Waals surface area contributed by atoms with E-state index in [0.29, 0.717) is 15.5 Å². The topological polar surface area (TPSA) is 89.1 Å². The number of aromatic nitrogens is 3. The van der Waals surface area contributed by atoms with E-state index in [1.54, 1.807) is 0 Å². The number of nitrogens with zero attached hydrogens (tertiary/aromatic N) is 3. The van der Waals surface area contributed by atoms with Gasteiger partial charge in [0.2, 0.25) is 0 Å². The zero-order chi connectivity index (χ0) is 13.2. The molecule has 0 aromatic carbocycles. The lowest BCUT2D eigenvalue weighted by molar-refractivity contribution is 0.0691. The molecule has 0 saturated carbocycles. The molecule has 0 radical (unpaired) electrons. The monoisotopic (exact) mass is 311 g/mol. The first-order valence-electron chi connectivity index (χ1n) is 4.96. The maximum atomic E-state index is 10.7. The van der Waals surface area contributed by atoms with Crippen molar-refractivity contribution in [3.05, 3.63) is 28.6 Å². The predicted molar refractivity (Wildman–Crippen MR) is 70.8 cm³/mol. The van der Waals surface area contributed by atoms with E-state index in [9.17, 15) is 4.79 Å². The average Bonchev–Trinajstić information content (AvgIpc) is 3.09. The normalized spacial score (nSPS) is 10.7. The Kier molecular flexibility index (Phi) is 3.32. The highest BCUT2D eigenvalue weighted by Crippen LogP contribution is 2.32. The van der Waals surface area contributed by atoms with Crippen molar-refractivity contribution >= 4 is 40.4 Å². The predicted octanol–water partition coefficient (Wildman–Crippen LogP) is 3.10. The lowest BCUT2D eigenvalue weighted by Crippen LogP contribution is -1.95. The minimum atomic E-state index is -1.05. The number of hydrogen-bond acceptors (Lipinski definition) is 8. The second kappa shape index (κ2) is 5.11. The molecule has 0 unspecified atom stereocenters. The van der Waals surface area contributed by atoms with Gasteiger partial charge in [-0.1, -0.05) is 6.07 Å². The average molecular weight is 311 g/mol. The lowest BCUT2D eigenvalue weighted by atomic mass is 10.5. The molecule has 3 aromatic heterocycles. The van der Waals surface area contributed by atoms with Crippen LogP contribution < -0.4 is 0 Å². The molecule has 96 valence electrons. The fourth-order valence-corrected chi connectivity index (χ4v) is 3.44. The number of carbonyl (C=O) groups is 1. The number of thiazole rings is 1. The molecule has 0 bridgehead atoms. The summed E-state index contributed by atoms with van der Waals surface area (Å²) in [5.41, 5.74) is 0.0190. The van der Waals surface area contributed by atoms with Crippen molar-refractivity contribution in [2.24, 2.45) is 0 Å². The molecule has 0 amide bonds. The summed E-state index contributed by atoms with van der Waals surface area (Å²) in [5.74, 6) is -0.597. The molecule has 0 aliphatic heterocycles. The summed E-state index contributed by atoms with van der Waals surface area (Å²) >= 11 is 3.89. The fourth-order valence-electron chi connectivity index (χ4n) is 1.23.